The molecule has 2 saturated heterocycles. The normalized spacial score (nSPS) is 33.7. The number of hydrogen-bond acceptors (Lipinski definition) is 3. The van der Waals surface area contributed by atoms with Gasteiger partial charge in [0.05, 0.1) is 11.5 Å². The van der Waals surface area contributed by atoms with Crippen molar-refractivity contribution in [1.29, 1.82) is 0 Å². The molecule has 0 aromatic carbocycles. The van der Waals surface area contributed by atoms with Crippen LogP contribution in [0.4, 0.5) is 0 Å². The fraction of sp³-hybridized carbons (Fsp3) is 0.929. The highest BCUT2D eigenvalue weighted by Crippen LogP contribution is 2.33. The van der Waals surface area contributed by atoms with E-state index in [0.29, 0.717) is 31.0 Å². The lowest BCUT2D eigenvalue weighted by atomic mass is 9.88. The minimum atomic E-state index is -0.797. The Balaban J connectivity index is 1.78. The third kappa shape index (κ3) is 3.23. The maximum absolute atomic E-state index is 12.1. The van der Waals surface area contributed by atoms with E-state index >= 15 is 0 Å². The van der Waals surface area contributed by atoms with E-state index in [9.17, 15) is 9.90 Å². The second-order valence-corrected chi connectivity index (χ2v) is 6.70. The first kappa shape index (κ1) is 13.8. The van der Waals surface area contributed by atoms with Crippen LogP contribution in [0.5, 0.6) is 0 Å². The van der Waals surface area contributed by atoms with E-state index in [0.717, 1.165) is 12.8 Å². The fourth-order valence-corrected chi connectivity index (χ4v) is 3.47. The second kappa shape index (κ2) is 5.17. The summed E-state index contributed by atoms with van der Waals surface area (Å²) in [4.78, 5) is 12.1. The molecule has 0 aromatic heterocycles. The van der Waals surface area contributed by atoms with Gasteiger partial charge < -0.3 is 15.7 Å². The molecule has 3 N–H and O–H groups in total. The van der Waals surface area contributed by atoms with Crippen molar-refractivity contribution in [2.45, 2.75) is 64.1 Å². The zero-order valence-electron chi connectivity index (χ0n) is 11.7. The number of carbonyl (C=O) groups excluding carboxylic acids is 1. The maximum Gasteiger partial charge on any atom is 0.224 e. The van der Waals surface area contributed by atoms with Gasteiger partial charge in [-0.2, -0.15) is 0 Å². The number of nitrogens with one attached hydrogen (secondary N) is 2. The largest absolute Gasteiger partial charge is 0.388 e. The van der Waals surface area contributed by atoms with Gasteiger partial charge in [0.2, 0.25) is 5.91 Å². The average Bonchev–Trinajstić information content (AvgIpc) is 2.85. The number of fused-ring (bicyclic) bond motifs is 2. The summed E-state index contributed by atoms with van der Waals surface area (Å²) in [6.45, 7) is 6.32. The van der Waals surface area contributed by atoms with E-state index in [-0.39, 0.29) is 11.8 Å². The summed E-state index contributed by atoms with van der Waals surface area (Å²) in [5.74, 6) is 0.651. The monoisotopic (exact) mass is 254 g/mol. The Labute approximate surface area is 110 Å². The molecule has 0 aromatic rings. The number of hydrogen-bond donors (Lipinski definition) is 3. The third-order valence-electron chi connectivity index (χ3n) is 4.13. The molecule has 104 valence electrons. The molecule has 0 radical (unpaired) electrons. The van der Waals surface area contributed by atoms with Crippen molar-refractivity contribution >= 4 is 5.91 Å². The van der Waals surface area contributed by atoms with Crippen LogP contribution in [0, 0.1) is 11.8 Å². The van der Waals surface area contributed by atoms with E-state index in [1.807, 2.05) is 0 Å². The Morgan fingerprint density at radius 1 is 1.50 bits per heavy atom. The van der Waals surface area contributed by atoms with Crippen LogP contribution in [-0.2, 0) is 4.79 Å². The molecule has 2 heterocycles. The molecule has 2 aliphatic heterocycles. The van der Waals surface area contributed by atoms with Crippen LogP contribution < -0.4 is 10.6 Å². The summed E-state index contributed by atoms with van der Waals surface area (Å²) in [6.07, 6.45) is 4.00. The Hall–Kier alpha value is -0.610. The molecule has 4 heteroatoms. The smallest absolute Gasteiger partial charge is 0.224 e. The van der Waals surface area contributed by atoms with E-state index in [1.165, 1.54) is 6.42 Å². The van der Waals surface area contributed by atoms with Crippen molar-refractivity contribution in [3.05, 3.63) is 0 Å². The summed E-state index contributed by atoms with van der Waals surface area (Å²) in [7, 11) is 0. The summed E-state index contributed by atoms with van der Waals surface area (Å²) >= 11 is 0. The Morgan fingerprint density at radius 3 is 2.72 bits per heavy atom. The van der Waals surface area contributed by atoms with Crippen LogP contribution in [0.1, 0.15) is 46.5 Å². The van der Waals surface area contributed by atoms with Gasteiger partial charge in [0.1, 0.15) is 0 Å². The second-order valence-electron chi connectivity index (χ2n) is 6.70. The van der Waals surface area contributed by atoms with Crippen LogP contribution in [-0.4, -0.2) is 35.2 Å². The Bertz CT molecular complexity index is 315. The van der Waals surface area contributed by atoms with Gasteiger partial charge in [0, 0.05) is 18.6 Å². The number of aliphatic hydroxyl groups is 1. The molecule has 4 unspecified atom stereocenters. The molecule has 4 atom stereocenters. The van der Waals surface area contributed by atoms with Crippen molar-refractivity contribution < 1.29 is 9.90 Å². The first-order valence-corrected chi connectivity index (χ1v) is 7.13. The Morgan fingerprint density at radius 2 is 2.22 bits per heavy atom. The van der Waals surface area contributed by atoms with Crippen LogP contribution >= 0.6 is 0 Å². The molecule has 4 nitrogen and oxygen atoms in total. The topological polar surface area (TPSA) is 61.4 Å². The van der Waals surface area contributed by atoms with Crippen LogP contribution in [0.25, 0.3) is 0 Å². The first-order valence-electron chi connectivity index (χ1n) is 7.13. The van der Waals surface area contributed by atoms with Crippen molar-refractivity contribution in [3.8, 4) is 0 Å². The minimum absolute atomic E-state index is 0.110. The zero-order valence-corrected chi connectivity index (χ0v) is 11.7. The lowest BCUT2D eigenvalue weighted by molar-refractivity contribution is -0.126. The molecule has 2 rings (SSSR count). The van der Waals surface area contributed by atoms with Crippen molar-refractivity contribution in [1.82, 2.24) is 10.6 Å². The fourth-order valence-electron chi connectivity index (χ4n) is 3.47. The lowest BCUT2D eigenvalue weighted by Crippen LogP contribution is -2.45. The number of carbonyl (C=O) groups is 1. The highest BCUT2D eigenvalue weighted by Gasteiger charge is 2.42. The highest BCUT2D eigenvalue weighted by molar-refractivity contribution is 5.80. The molecule has 18 heavy (non-hydrogen) atoms. The van der Waals surface area contributed by atoms with Gasteiger partial charge in [-0.25, -0.2) is 0 Å². The van der Waals surface area contributed by atoms with Gasteiger partial charge in [-0.3, -0.25) is 4.79 Å². The van der Waals surface area contributed by atoms with Gasteiger partial charge in [-0.15, -0.1) is 0 Å². The van der Waals surface area contributed by atoms with E-state index in [1.54, 1.807) is 6.92 Å². The predicted molar refractivity (Wildman–Crippen MR) is 71.1 cm³/mol. The zero-order chi connectivity index (χ0) is 13.3. The first-order chi connectivity index (χ1) is 8.37. The molecule has 2 fully saturated rings. The van der Waals surface area contributed by atoms with E-state index < -0.39 is 5.60 Å². The summed E-state index contributed by atoms with van der Waals surface area (Å²) in [6, 6.07) is 0.909. The molecule has 2 bridgehead atoms. The van der Waals surface area contributed by atoms with Crippen molar-refractivity contribution in [3.63, 3.8) is 0 Å². The van der Waals surface area contributed by atoms with Crippen LogP contribution in [0.3, 0.4) is 0 Å². The predicted octanol–water partition coefficient (Wildman–Crippen LogP) is 1.04. The summed E-state index contributed by atoms with van der Waals surface area (Å²) < 4.78 is 0. The van der Waals surface area contributed by atoms with Crippen molar-refractivity contribution in [2.75, 3.05) is 6.54 Å². The van der Waals surface area contributed by atoms with Gasteiger partial charge in [-0.1, -0.05) is 13.8 Å². The number of rotatable bonds is 5. The molecular weight excluding hydrogens is 228 g/mol. The summed E-state index contributed by atoms with van der Waals surface area (Å²) in [5.41, 5.74) is -0.797. The lowest BCUT2D eigenvalue weighted by Gasteiger charge is -2.27. The van der Waals surface area contributed by atoms with Gasteiger partial charge >= 0.3 is 0 Å². The Kier molecular flexibility index (Phi) is 3.97. The minimum Gasteiger partial charge on any atom is -0.388 e. The molecular formula is C14H26N2O2. The average molecular weight is 254 g/mol. The molecule has 1 amide bonds. The van der Waals surface area contributed by atoms with E-state index in [4.69, 9.17) is 0 Å². The van der Waals surface area contributed by atoms with Crippen LogP contribution in [0.2, 0.25) is 0 Å². The van der Waals surface area contributed by atoms with Crippen molar-refractivity contribution in [2.24, 2.45) is 11.8 Å². The van der Waals surface area contributed by atoms with E-state index in [2.05, 4.69) is 24.5 Å². The standard InChI is InChI=1S/C14H26N2O2/c1-9(2)7-14(3,18)8-15-13(17)11-6-10-4-5-12(11)16-10/h9-12,16,18H,4-8H2,1-3H3,(H,15,17). The third-order valence-corrected chi connectivity index (χ3v) is 4.13. The molecule has 2 aliphatic rings. The molecule has 0 aliphatic carbocycles. The van der Waals surface area contributed by atoms with Crippen LogP contribution in [0.15, 0.2) is 0 Å². The SMILES string of the molecule is CC(C)CC(C)(O)CNC(=O)C1CC2CCC1N2. The molecule has 0 saturated carbocycles. The van der Waals surface area contributed by atoms with Gasteiger partial charge in [-0.05, 0) is 38.5 Å². The quantitative estimate of drug-likeness (QED) is 0.687. The number of amides is 1. The molecule has 0 spiro atoms. The van der Waals surface area contributed by atoms with Gasteiger partial charge in [0.15, 0.2) is 0 Å². The highest BCUT2D eigenvalue weighted by atomic mass is 16.3. The maximum atomic E-state index is 12.1. The van der Waals surface area contributed by atoms with Gasteiger partial charge in [0.25, 0.3) is 0 Å². The summed E-state index contributed by atoms with van der Waals surface area (Å²) in [5, 5.41) is 16.6.